The minimum absolute atomic E-state index is 0.0333. The summed E-state index contributed by atoms with van der Waals surface area (Å²) in [6.07, 6.45) is 7.84. The van der Waals surface area contributed by atoms with Crippen molar-refractivity contribution in [3.8, 4) is 29.0 Å². The maximum absolute atomic E-state index is 14.1. The van der Waals surface area contributed by atoms with Crippen LogP contribution < -0.4 is 15.2 Å². The van der Waals surface area contributed by atoms with E-state index < -0.39 is 27.7 Å². The van der Waals surface area contributed by atoms with Crippen molar-refractivity contribution in [3.05, 3.63) is 104 Å². The van der Waals surface area contributed by atoms with Crippen LogP contribution in [-0.4, -0.2) is 82.1 Å². The van der Waals surface area contributed by atoms with Crippen LogP contribution in [0.3, 0.4) is 0 Å². The number of anilines is 1. The molecule has 13 nitrogen and oxygen atoms in total. The van der Waals surface area contributed by atoms with Crippen LogP contribution in [0, 0.1) is 30.1 Å². The molecule has 0 unspecified atom stereocenters. The number of carbonyl (C=O) groups excluding carboxylic acids is 1. The first-order valence-corrected chi connectivity index (χ1v) is 21.2. The second-order valence-electron chi connectivity index (χ2n) is 14.3. The van der Waals surface area contributed by atoms with Crippen LogP contribution in [0.25, 0.3) is 32.2 Å². The average molecular weight is 836 g/mol. The molecule has 0 radical (unpaired) electrons. The molecule has 1 amide bonds. The van der Waals surface area contributed by atoms with Gasteiger partial charge in [0.05, 0.1) is 44.3 Å². The number of fused-ring (bicyclic) bond motifs is 2. The molecule has 1 saturated carbocycles. The summed E-state index contributed by atoms with van der Waals surface area (Å²) < 4.78 is 43.4. The maximum atomic E-state index is 14.1. The topological polar surface area (TPSA) is 167 Å². The Morgan fingerprint density at radius 3 is 2.59 bits per heavy atom. The second kappa shape index (κ2) is 15.9. The minimum atomic E-state index is -4.16. The molecule has 1 aliphatic carbocycles. The number of piperidine rings is 1. The Hall–Kier alpha value is -5.78. The molecule has 6 heterocycles. The molecule has 58 heavy (non-hydrogen) atoms. The highest BCUT2D eigenvalue weighted by Crippen LogP contribution is 2.37. The van der Waals surface area contributed by atoms with Crippen molar-refractivity contribution in [2.45, 2.75) is 62.3 Å². The maximum Gasteiger partial charge on any atom is 0.268 e. The molecule has 0 atom stereocenters. The Bertz CT molecular complexity index is 2870. The number of pyridine rings is 3. The highest BCUT2D eigenvalue weighted by atomic mass is 35.5. The number of hydrogen-bond donors (Lipinski definition) is 1. The molecule has 6 aromatic rings. The molecule has 2 aliphatic rings. The number of nitrogens with one attached hydrogen (secondary N) is 1. The smallest absolute Gasteiger partial charge is 0.268 e. The predicted molar refractivity (Wildman–Crippen MR) is 220 cm³/mol. The van der Waals surface area contributed by atoms with Crippen LogP contribution in [0.4, 0.5) is 10.2 Å². The Morgan fingerprint density at radius 1 is 1.10 bits per heavy atom. The van der Waals surface area contributed by atoms with E-state index in [2.05, 4.69) is 47.5 Å². The summed E-state index contributed by atoms with van der Waals surface area (Å²) >= 11 is 7.70. The molecule has 8 rings (SSSR count). The predicted octanol–water partition coefficient (Wildman–Crippen LogP) is 5.87. The standard InChI is InChI=1S/C41H35ClFN9O4S2/c1-24-48-35-22-47-39(50(2)28-10-16-51(17-11-28)29-19-27(43)20-29)33(21-44)36(35)41(54)52(24)15-3-4-25-5-6-26(42)18-32(25)31-9-14-46-37-34(23-57-38(31)37)40(53)49-58(55,56)30-7-12-45-13-8-30/h5-9,12-14,18,22-23,27-29H,10-11,15-17,19-20H2,1-2H3,(H,49,53). The number of nitrogens with zero attached hydrogens (tertiary/aromatic N) is 8. The molecule has 5 aromatic heterocycles. The van der Waals surface area contributed by atoms with Crippen molar-refractivity contribution >= 4 is 65.8 Å². The van der Waals surface area contributed by atoms with Gasteiger partial charge >= 0.3 is 0 Å². The van der Waals surface area contributed by atoms with E-state index in [-0.39, 0.29) is 34.0 Å². The fourth-order valence-electron chi connectivity index (χ4n) is 7.62. The number of halogens is 2. The molecule has 294 valence electrons. The number of benzene rings is 1. The highest BCUT2D eigenvalue weighted by Gasteiger charge is 2.36. The number of likely N-dealkylation sites (tertiary alicyclic amines) is 1. The van der Waals surface area contributed by atoms with E-state index in [0.29, 0.717) is 68.0 Å². The third-order valence-corrected chi connectivity index (χ3v) is 13.4. The lowest BCUT2D eigenvalue weighted by molar-refractivity contribution is 0.0382. The molecule has 1 aliphatic heterocycles. The van der Waals surface area contributed by atoms with E-state index in [1.807, 2.05) is 11.9 Å². The van der Waals surface area contributed by atoms with Crippen molar-refractivity contribution in [1.82, 2.24) is 34.1 Å². The van der Waals surface area contributed by atoms with Gasteiger partial charge in [-0.05, 0) is 69.0 Å². The first kappa shape index (κ1) is 39.1. The average Bonchev–Trinajstić information content (AvgIpc) is 3.66. The summed E-state index contributed by atoms with van der Waals surface area (Å²) in [7, 11) is -2.27. The van der Waals surface area contributed by atoms with E-state index in [9.17, 15) is 27.7 Å². The molecule has 17 heteroatoms. The lowest BCUT2D eigenvalue weighted by Gasteiger charge is -2.45. The van der Waals surface area contributed by atoms with Crippen molar-refractivity contribution in [2.24, 2.45) is 0 Å². The largest absolute Gasteiger partial charge is 0.355 e. The van der Waals surface area contributed by atoms with Gasteiger partial charge in [-0.15, -0.1) is 11.3 Å². The first-order chi connectivity index (χ1) is 27.9. The van der Waals surface area contributed by atoms with Gasteiger partial charge in [0, 0.05) is 77.9 Å². The van der Waals surface area contributed by atoms with Gasteiger partial charge in [0.15, 0.2) is 0 Å². The van der Waals surface area contributed by atoms with E-state index in [1.54, 1.807) is 36.6 Å². The number of thiophene rings is 1. The fraction of sp³-hybridized carbons (Fsp3) is 0.293. The van der Waals surface area contributed by atoms with Gasteiger partial charge in [-0.3, -0.25) is 24.1 Å². The van der Waals surface area contributed by atoms with Gasteiger partial charge in [-0.2, -0.15) is 5.26 Å². The van der Waals surface area contributed by atoms with Crippen molar-refractivity contribution in [3.63, 3.8) is 0 Å². The number of sulfonamides is 1. The Labute approximate surface area is 342 Å². The van der Waals surface area contributed by atoms with Crippen molar-refractivity contribution < 1.29 is 17.6 Å². The number of nitriles is 1. The molecule has 1 aromatic carbocycles. The van der Waals surface area contributed by atoms with E-state index in [0.717, 1.165) is 25.9 Å². The van der Waals surface area contributed by atoms with Gasteiger partial charge in [0.1, 0.15) is 29.4 Å². The number of aromatic nitrogens is 5. The Morgan fingerprint density at radius 2 is 1.86 bits per heavy atom. The molecule has 1 saturated heterocycles. The second-order valence-corrected chi connectivity index (χ2v) is 17.3. The minimum Gasteiger partial charge on any atom is -0.355 e. The molecule has 2 fully saturated rings. The summed E-state index contributed by atoms with van der Waals surface area (Å²) in [5.41, 5.74) is 2.34. The number of hydrogen-bond acceptors (Lipinski definition) is 12. The monoisotopic (exact) mass is 835 g/mol. The zero-order valence-corrected chi connectivity index (χ0v) is 33.7. The van der Waals surface area contributed by atoms with Gasteiger partial charge in [-0.25, -0.2) is 27.5 Å². The quantitative estimate of drug-likeness (QED) is 0.182. The van der Waals surface area contributed by atoms with Crippen LogP contribution in [-0.2, 0) is 16.6 Å². The summed E-state index contributed by atoms with van der Waals surface area (Å²) in [4.78, 5) is 49.1. The summed E-state index contributed by atoms with van der Waals surface area (Å²) in [6, 6.07) is 12.2. The molecule has 0 bridgehead atoms. The molecular formula is C41H35ClFN9O4S2. The number of aryl methyl sites for hydroxylation is 1. The van der Waals surface area contributed by atoms with Gasteiger partial charge < -0.3 is 9.80 Å². The fourth-order valence-corrected chi connectivity index (χ4v) is 9.78. The summed E-state index contributed by atoms with van der Waals surface area (Å²) in [5, 5.41) is 12.5. The van der Waals surface area contributed by atoms with Crippen LogP contribution in [0.1, 0.15) is 53.0 Å². The lowest BCUT2D eigenvalue weighted by atomic mass is 9.87. The van der Waals surface area contributed by atoms with Gasteiger partial charge in [0.2, 0.25) is 0 Å². The zero-order chi connectivity index (χ0) is 40.7. The van der Waals surface area contributed by atoms with Gasteiger partial charge in [-0.1, -0.05) is 23.4 Å². The highest BCUT2D eigenvalue weighted by molar-refractivity contribution is 7.90. The van der Waals surface area contributed by atoms with Crippen LogP contribution in [0.15, 0.2) is 76.3 Å². The summed E-state index contributed by atoms with van der Waals surface area (Å²) in [6.45, 7) is 3.33. The lowest BCUT2D eigenvalue weighted by Crippen LogP contribution is -2.52. The number of amides is 1. The van der Waals surface area contributed by atoms with E-state index >= 15 is 0 Å². The van der Waals surface area contributed by atoms with Crippen LogP contribution in [0.2, 0.25) is 5.02 Å². The molecular weight excluding hydrogens is 801 g/mol. The SMILES string of the molecule is Cc1nc2cnc(N(C)C3CCN(C4CC(F)C4)CC3)c(C#N)c2c(=O)n1CC#Cc1ccc(Cl)cc1-c1ccnc2c(C(=O)NS(=O)(=O)c3ccncc3)csc12. The first-order valence-electron chi connectivity index (χ1n) is 18.5. The Balaban J connectivity index is 1.07. The molecule has 1 N–H and O–H groups in total. The van der Waals surface area contributed by atoms with Crippen molar-refractivity contribution in [1.29, 1.82) is 5.26 Å². The Kier molecular flexibility index (Phi) is 10.7. The van der Waals surface area contributed by atoms with E-state index in [4.69, 9.17) is 11.6 Å². The van der Waals surface area contributed by atoms with Crippen LogP contribution in [0.5, 0.6) is 0 Å². The normalized spacial score (nSPS) is 17.3. The third kappa shape index (κ3) is 7.40. The number of rotatable bonds is 8. The van der Waals surface area contributed by atoms with Crippen molar-refractivity contribution in [2.75, 3.05) is 25.0 Å². The van der Waals surface area contributed by atoms with Crippen LogP contribution >= 0.6 is 22.9 Å². The number of carbonyl (C=O) groups is 1. The summed E-state index contributed by atoms with van der Waals surface area (Å²) in [5.74, 6) is 6.26. The number of alkyl halides is 1. The molecule has 0 spiro atoms. The van der Waals surface area contributed by atoms with Gasteiger partial charge in [0.25, 0.3) is 21.5 Å². The zero-order valence-electron chi connectivity index (χ0n) is 31.3. The van der Waals surface area contributed by atoms with E-state index in [1.165, 1.54) is 52.8 Å². The third-order valence-electron chi connectivity index (χ3n) is 10.9.